The van der Waals surface area contributed by atoms with Crippen LogP contribution in [0.25, 0.3) is 0 Å². The van der Waals surface area contributed by atoms with E-state index in [-0.39, 0.29) is 0 Å². The Morgan fingerprint density at radius 3 is 2.45 bits per heavy atom. The molecule has 0 spiro atoms. The molecular formula is C15H23N7. The fourth-order valence-corrected chi connectivity index (χ4v) is 2.80. The van der Waals surface area contributed by atoms with Crippen molar-refractivity contribution in [1.82, 2.24) is 29.6 Å². The van der Waals surface area contributed by atoms with Crippen LogP contribution >= 0.6 is 0 Å². The van der Waals surface area contributed by atoms with Crippen LogP contribution in [0.2, 0.25) is 0 Å². The van der Waals surface area contributed by atoms with Crippen LogP contribution in [0, 0.1) is 6.92 Å². The Bertz CT molecular complexity index is 629. The minimum Gasteiger partial charge on any atom is -0.354 e. The second-order valence-electron chi connectivity index (χ2n) is 5.67. The Kier molecular flexibility index (Phi) is 4.33. The van der Waals surface area contributed by atoms with Crippen molar-refractivity contribution < 1.29 is 0 Å². The Morgan fingerprint density at radius 2 is 1.82 bits per heavy atom. The number of nitrogens with zero attached hydrogens (tertiary/aromatic N) is 7. The zero-order valence-electron chi connectivity index (χ0n) is 13.5. The van der Waals surface area contributed by atoms with Gasteiger partial charge in [-0.15, -0.1) is 10.2 Å². The molecule has 7 heteroatoms. The molecule has 2 aromatic heterocycles. The quantitative estimate of drug-likeness (QED) is 0.832. The average Bonchev–Trinajstić information content (AvgIpc) is 2.88. The van der Waals surface area contributed by atoms with E-state index in [0.29, 0.717) is 0 Å². The molecule has 2 aromatic rings. The maximum Gasteiger partial charge on any atom is 0.146 e. The third kappa shape index (κ3) is 3.09. The van der Waals surface area contributed by atoms with Gasteiger partial charge >= 0.3 is 0 Å². The first-order valence-electron chi connectivity index (χ1n) is 7.81. The number of aryl methyl sites for hydroxylation is 2. The van der Waals surface area contributed by atoms with Crippen molar-refractivity contribution in [2.45, 2.75) is 26.8 Å². The fourth-order valence-electron chi connectivity index (χ4n) is 2.80. The number of hydrogen-bond acceptors (Lipinski definition) is 6. The number of piperazine rings is 1. The molecule has 0 bridgehead atoms. The molecule has 0 amide bonds. The SMILES string of the molecule is CCc1nnc(CN2CCN(c3ccnc(C)n3)CC2)n1C. The van der Waals surface area contributed by atoms with Crippen LogP contribution in [0.3, 0.4) is 0 Å². The van der Waals surface area contributed by atoms with Crippen LogP contribution in [-0.2, 0) is 20.0 Å². The highest BCUT2D eigenvalue weighted by Gasteiger charge is 2.20. The monoisotopic (exact) mass is 301 g/mol. The second kappa shape index (κ2) is 6.39. The Labute approximate surface area is 131 Å². The van der Waals surface area contributed by atoms with Crippen molar-refractivity contribution in [2.75, 3.05) is 31.1 Å². The zero-order chi connectivity index (χ0) is 15.5. The van der Waals surface area contributed by atoms with Gasteiger partial charge in [-0.1, -0.05) is 6.92 Å². The van der Waals surface area contributed by atoms with Gasteiger partial charge in [0, 0.05) is 45.8 Å². The molecule has 1 aliphatic heterocycles. The number of hydrogen-bond donors (Lipinski definition) is 0. The van der Waals surface area contributed by atoms with E-state index in [1.54, 1.807) is 0 Å². The average molecular weight is 301 g/mol. The normalized spacial score (nSPS) is 16.2. The summed E-state index contributed by atoms with van der Waals surface area (Å²) >= 11 is 0. The molecule has 0 aliphatic carbocycles. The van der Waals surface area contributed by atoms with Crippen molar-refractivity contribution in [3.8, 4) is 0 Å². The lowest BCUT2D eigenvalue weighted by molar-refractivity contribution is 0.241. The lowest BCUT2D eigenvalue weighted by Gasteiger charge is -2.35. The number of rotatable bonds is 4. The Morgan fingerprint density at radius 1 is 1.09 bits per heavy atom. The molecule has 3 rings (SSSR count). The van der Waals surface area contributed by atoms with Crippen molar-refractivity contribution in [3.63, 3.8) is 0 Å². The molecule has 0 aromatic carbocycles. The van der Waals surface area contributed by atoms with E-state index in [9.17, 15) is 0 Å². The molecule has 3 heterocycles. The molecule has 0 unspecified atom stereocenters. The van der Waals surface area contributed by atoms with Crippen molar-refractivity contribution in [3.05, 3.63) is 29.7 Å². The standard InChI is InChI=1S/C15H23N7/c1-4-13-18-19-15(20(13)3)11-21-7-9-22(10-8-21)14-5-6-16-12(2)17-14/h5-6H,4,7-11H2,1-3H3. The fraction of sp³-hybridized carbons (Fsp3) is 0.600. The van der Waals surface area contributed by atoms with E-state index >= 15 is 0 Å². The summed E-state index contributed by atoms with van der Waals surface area (Å²) in [7, 11) is 2.05. The lowest BCUT2D eigenvalue weighted by Crippen LogP contribution is -2.46. The van der Waals surface area contributed by atoms with Gasteiger partial charge < -0.3 is 9.47 Å². The topological polar surface area (TPSA) is 63.0 Å². The third-order valence-corrected chi connectivity index (χ3v) is 4.19. The molecule has 118 valence electrons. The van der Waals surface area contributed by atoms with Crippen molar-refractivity contribution >= 4 is 5.82 Å². The summed E-state index contributed by atoms with van der Waals surface area (Å²) in [4.78, 5) is 13.4. The number of anilines is 1. The first-order valence-corrected chi connectivity index (χ1v) is 7.81. The summed E-state index contributed by atoms with van der Waals surface area (Å²) in [6, 6.07) is 1.98. The highest BCUT2D eigenvalue weighted by atomic mass is 15.3. The van der Waals surface area contributed by atoms with Crippen LogP contribution in [-0.4, -0.2) is 55.8 Å². The van der Waals surface area contributed by atoms with Crippen molar-refractivity contribution in [2.24, 2.45) is 7.05 Å². The minimum absolute atomic E-state index is 0.825. The maximum atomic E-state index is 4.50. The van der Waals surface area contributed by atoms with Gasteiger partial charge in [0.05, 0.1) is 6.54 Å². The van der Waals surface area contributed by atoms with Gasteiger partial charge in [0.2, 0.25) is 0 Å². The van der Waals surface area contributed by atoms with E-state index in [1.165, 1.54) is 0 Å². The first-order chi connectivity index (χ1) is 10.7. The van der Waals surface area contributed by atoms with E-state index < -0.39 is 0 Å². The Balaban J connectivity index is 1.58. The predicted molar refractivity (Wildman–Crippen MR) is 84.6 cm³/mol. The summed E-state index contributed by atoms with van der Waals surface area (Å²) in [6.45, 7) is 8.88. The smallest absolute Gasteiger partial charge is 0.146 e. The van der Waals surface area contributed by atoms with Crippen LogP contribution in [0.1, 0.15) is 24.4 Å². The molecule has 0 radical (unpaired) electrons. The first kappa shape index (κ1) is 14.9. The largest absolute Gasteiger partial charge is 0.354 e. The molecule has 0 atom stereocenters. The van der Waals surface area contributed by atoms with E-state index in [0.717, 1.165) is 62.4 Å². The second-order valence-corrected chi connectivity index (χ2v) is 5.67. The van der Waals surface area contributed by atoms with Gasteiger partial charge in [-0.05, 0) is 13.0 Å². The van der Waals surface area contributed by atoms with E-state index in [4.69, 9.17) is 0 Å². The Hall–Kier alpha value is -2.02. The molecule has 22 heavy (non-hydrogen) atoms. The summed E-state index contributed by atoms with van der Waals surface area (Å²) in [5.41, 5.74) is 0. The summed E-state index contributed by atoms with van der Waals surface area (Å²) in [6.07, 6.45) is 2.75. The minimum atomic E-state index is 0.825. The molecule has 1 aliphatic rings. The molecular weight excluding hydrogens is 278 g/mol. The molecule has 7 nitrogen and oxygen atoms in total. The maximum absolute atomic E-state index is 4.50. The predicted octanol–water partition coefficient (Wildman–Crippen LogP) is 0.798. The van der Waals surface area contributed by atoms with Crippen LogP contribution < -0.4 is 4.90 Å². The van der Waals surface area contributed by atoms with Crippen LogP contribution in [0.15, 0.2) is 12.3 Å². The number of aromatic nitrogens is 5. The van der Waals surface area contributed by atoms with Gasteiger partial charge in [0.1, 0.15) is 23.3 Å². The van der Waals surface area contributed by atoms with Crippen LogP contribution in [0.5, 0.6) is 0 Å². The van der Waals surface area contributed by atoms with Gasteiger partial charge in [0.15, 0.2) is 0 Å². The highest BCUT2D eigenvalue weighted by Crippen LogP contribution is 2.14. The lowest BCUT2D eigenvalue weighted by atomic mass is 10.3. The van der Waals surface area contributed by atoms with E-state index in [2.05, 4.69) is 41.5 Å². The molecule has 1 fully saturated rings. The molecule has 0 saturated carbocycles. The summed E-state index contributed by atoms with van der Waals surface area (Å²) in [5, 5.41) is 8.54. The van der Waals surface area contributed by atoms with Gasteiger partial charge in [-0.2, -0.15) is 0 Å². The highest BCUT2D eigenvalue weighted by molar-refractivity contribution is 5.37. The summed E-state index contributed by atoms with van der Waals surface area (Å²) < 4.78 is 2.11. The van der Waals surface area contributed by atoms with Gasteiger partial charge in [-0.3, -0.25) is 4.90 Å². The molecule has 1 saturated heterocycles. The zero-order valence-corrected chi connectivity index (χ0v) is 13.5. The third-order valence-electron chi connectivity index (χ3n) is 4.19. The van der Waals surface area contributed by atoms with Crippen molar-refractivity contribution in [1.29, 1.82) is 0 Å². The summed E-state index contributed by atoms with van der Waals surface area (Å²) in [5.74, 6) is 3.94. The van der Waals surface area contributed by atoms with Gasteiger partial charge in [-0.25, -0.2) is 9.97 Å². The van der Waals surface area contributed by atoms with Crippen LogP contribution in [0.4, 0.5) is 5.82 Å². The molecule has 0 N–H and O–H groups in total. The van der Waals surface area contributed by atoms with E-state index in [1.807, 2.05) is 26.2 Å². The van der Waals surface area contributed by atoms with Gasteiger partial charge in [0.25, 0.3) is 0 Å².